The first-order valence-corrected chi connectivity index (χ1v) is 11.7. The highest BCUT2D eigenvalue weighted by Gasteiger charge is 2.31. The number of thioether (sulfide) groups is 1. The monoisotopic (exact) mass is 466 g/mol. The summed E-state index contributed by atoms with van der Waals surface area (Å²) in [4.78, 5) is 27.2. The number of carbonyl (C=O) groups excluding carboxylic acids is 2. The van der Waals surface area contributed by atoms with Crippen LogP contribution in [0, 0.1) is 0 Å². The standard InChI is InChI=1S/C25H26N2O3S2/c1-3-30-21-13-11-20(12-14-21)26-23(28)10-7-15-27-24(29)22(32-25(27)31)17-18(2)16-19-8-5-4-6-9-19/h4-6,8-9,11-14,16-17H,3,7,10,15H2,1-2H3,(H,26,28)/b18-16+,22-17-. The summed E-state index contributed by atoms with van der Waals surface area (Å²) >= 11 is 6.69. The topological polar surface area (TPSA) is 58.6 Å². The van der Waals surface area contributed by atoms with Crippen molar-refractivity contribution in [3.8, 4) is 5.75 Å². The van der Waals surface area contributed by atoms with E-state index in [-0.39, 0.29) is 11.8 Å². The van der Waals surface area contributed by atoms with Crippen molar-refractivity contribution < 1.29 is 14.3 Å². The van der Waals surface area contributed by atoms with E-state index in [2.05, 4.69) is 5.32 Å². The average Bonchev–Trinajstić information content (AvgIpc) is 3.03. The van der Waals surface area contributed by atoms with Crippen LogP contribution < -0.4 is 10.1 Å². The van der Waals surface area contributed by atoms with Gasteiger partial charge in [0.05, 0.1) is 11.5 Å². The highest BCUT2D eigenvalue weighted by Crippen LogP contribution is 2.32. The number of anilines is 1. The normalized spacial score (nSPS) is 15.4. The molecule has 0 aromatic heterocycles. The number of carbonyl (C=O) groups is 2. The van der Waals surface area contributed by atoms with Crippen molar-refractivity contribution in [2.75, 3.05) is 18.5 Å². The maximum absolute atomic E-state index is 12.8. The zero-order valence-electron chi connectivity index (χ0n) is 18.2. The molecule has 2 aromatic rings. The van der Waals surface area contributed by atoms with Crippen molar-refractivity contribution in [3.05, 3.63) is 76.7 Å². The first-order chi connectivity index (χ1) is 15.5. The molecule has 1 fully saturated rings. The Bertz CT molecular complexity index is 1030. The fourth-order valence-electron chi connectivity index (χ4n) is 3.18. The zero-order valence-corrected chi connectivity index (χ0v) is 19.8. The lowest BCUT2D eigenvalue weighted by Gasteiger charge is -2.14. The Morgan fingerprint density at radius 1 is 1.16 bits per heavy atom. The minimum atomic E-state index is -0.104. The number of hydrogen-bond acceptors (Lipinski definition) is 5. The van der Waals surface area contributed by atoms with Gasteiger partial charge in [-0.25, -0.2) is 0 Å². The minimum Gasteiger partial charge on any atom is -0.494 e. The Kier molecular flexibility index (Phi) is 8.64. The van der Waals surface area contributed by atoms with Crippen LogP contribution in [0.5, 0.6) is 5.75 Å². The summed E-state index contributed by atoms with van der Waals surface area (Å²) in [5, 5.41) is 2.86. The summed E-state index contributed by atoms with van der Waals surface area (Å²) in [6.07, 6.45) is 4.72. The Morgan fingerprint density at radius 2 is 1.88 bits per heavy atom. The van der Waals surface area contributed by atoms with Crippen LogP contribution in [-0.2, 0) is 9.59 Å². The fraction of sp³-hybridized carbons (Fsp3) is 0.240. The van der Waals surface area contributed by atoms with Gasteiger partial charge in [-0.3, -0.25) is 14.5 Å². The molecule has 1 aliphatic rings. The summed E-state index contributed by atoms with van der Waals surface area (Å²) in [6, 6.07) is 17.2. The predicted octanol–water partition coefficient (Wildman–Crippen LogP) is 5.65. The Labute approximate surface area is 198 Å². The summed E-state index contributed by atoms with van der Waals surface area (Å²) < 4.78 is 5.93. The van der Waals surface area contributed by atoms with E-state index in [1.54, 1.807) is 17.0 Å². The second-order valence-corrected chi connectivity index (χ2v) is 8.92. The van der Waals surface area contributed by atoms with Crippen LogP contribution in [0.2, 0.25) is 0 Å². The third kappa shape index (κ3) is 6.80. The molecule has 5 nitrogen and oxygen atoms in total. The third-order valence-electron chi connectivity index (χ3n) is 4.66. The number of ether oxygens (including phenoxy) is 1. The largest absolute Gasteiger partial charge is 0.494 e. The number of thiocarbonyl (C=S) groups is 1. The van der Waals surface area contributed by atoms with Crippen molar-refractivity contribution in [1.29, 1.82) is 0 Å². The molecule has 0 unspecified atom stereocenters. The van der Waals surface area contributed by atoms with Gasteiger partial charge in [-0.15, -0.1) is 0 Å². The van der Waals surface area contributed by atoms with E-state index in [4.69, 9.17) is 17.0 Å². The van der Waals surface area contributed by atoms with Gasteiger partial charge in [0.15, 0.2) is 0 Å². The second kappa shape index (κ2) is 11.6. The molecule has 1 N–H and O–H groups in total. The van der Waals surface area contributed by atoms with E-state index in [9.17, 15) is 9.59 Å². The summed E-state index contributed by atoms with van der Waals surface area (Å²) in [5.74, 6) is 0.561. The molecule has 2 aromatic carbocycles. The van der Waals surface area contributed by atoms with Crippen LogP contribution in [0.3, 0.4) is 0 Å². The van der Waals surface area contributed by atoms with Crippen LogP contribution in [0.15, 0.2) is 71.2 Å². The van der Waals surface area contributed by atoms with Gasteiger partial charge >= 0.3 is 0 Å². The molecule has 0 saturated carbocycles. The smallest absolute Gasteiger partial charge is 0.266 e. The van der Waals surface area contributed by atoms with Crippen molar-refractivity contribution in [2.45, 2.75) is 26.7 Å². The molecule has 7 heteroatoms. The SMILES string of the molecule is CCOc1ccc(NC(=O)CCCN2C(=O)/C(=C/C(C)=C/c3ccccc3)SC2=S)cc1. The lowest BCUT2D eigenvalue weighted by molar-refractivity contribution is -0.122. The molecule has 0 radical (unpaired) electrons. The molecule has 1 heterocycles. The van der Waals surface area contributed by atoms with Crippen molar-refractivity contribution in [2.24, 2.45) is 0 Å². The van der Waals surface area contributed by atoms with Crippen LogP contribution in [0.4, 0.5) is 5.69 Å². The first-order valence-electron chi connectivity index (χ1n) is 10.5. The number of nitrogens with one attached hydrogen (secondary N) is 1. The van der Waals surface area contributed by atoms with Gasteiger partial charge in [-0.2, -0.15) is 0 Å². The van der Waals surface area contributed by atoms with Gasteiger partial charge < -0.3 is 10.1 Å². The highest BCUT2D eigenvalue weighted by atomic mass is 32.2. The van der Waals surface area contributed by atoms with Gasteiger partial charge in [-0.1, -0.05) is 60.4 Å². The van der Waals surface area contributed by atoms with E-state index >= 15 is 0 Å². The maximum atomic E-state index is 12.8. The predicted molar refractivity (Wildman–Crippen MR) is 136 cm³/mol. The average molecular weight is 467 g/mol. The lowest BCUT2D eigenvalue weighted by atomic mass is 10.1. The molecule has 32 heavy (non-hydrogen) atoms. The van der Waals surface area contributed by atoms with E-state index in [1.165, 1.54) is 11.8 Å². The van der Waals surface area contributed by atoms with E-state index in [1.807, 2.05) is 68.5 Å². The van der Waals surface area contributed by atoms with Crippen molar-refractivity contribution in [1.82, 2.24) is 4.90 Å². The number of rotatable bonds is 9. The molecule has 1 aliphatic heterocycles. The molecule has 3 rings (SSSR count). The Balaban J connectivity index is 1.50. The molecule has 0 atom stereocenters. The van der Waals surface area contributed by atoms with E-state index in [0.717, 1.165) is 16.9 Å². The van der Waals surface area contributed by atoms with Crippen LogP contribution in [-0.4, -0.2) is 34.2 Å². The number of hydrogen-bond donors (Lipinski definition) is 1. The van der Waals surface area contributed by atoms with Gasteiger partial charge in [0.1, 0.15) is 10.1 Å². The van der Waals surface area contributed by atoms with Crippen molar-refractivity contribution in [3.63, 3.8) is 0 Å². The highest BCUT2D eigenvalue weighted by molar-refractivity contribution is 8.26. The maximum Gasteiger partial charge on any atom is 0.266 e. The fourth-order valence-corrected chi connectivity index (χ4v) is 4.53. The van der Waals surface area contributed by atoms with Gasteiger partial charge in [0.2, 0.25) is 5.91 Å². The second-order valence-electron chi connectivity index (χ2n) is 7.24. The van der Waals surface area contributed by atoms with Gasteiger partial charge in [-0.05, 0) is 61.7 Å². The Hall–Kier alpha value is -2.90. The summed E-state index contributed by atoms with van der Waals surface area (Å²) in [7, 11) is 0. The van der Waals surface area contributed by atoms with Gasteiger partial charge in [0.25, 0.3) is 5.91 Å². The van der Waals surface area contributed by atoms with Gasteiger partial charge in [0, 0.05) is 18.7 Å². The number of amides is 2. The lowest BCUT2D eigenvalue weighted by Crippen LogP contribution is -2.29. The third-order valence-corrected chi connectivity index (χ3v) is 6.04. The zero-order chi connectivity index (χ0) is 22.9. The molecule has 2 amide bonds. The van der Waals surface area contributed by atoms with Crippen LogP contribution in [0.1, 0.15) is 32.3 Å². The molecular formula is C25H26N2O3S2. The number of nitrogens with zero attached hydrogens (tertiary/aromatic N) is 1. The number of benzene rings is 2. The minimum absolute atomic E-state index is 0.100. The Morgan fingerprint density at radius 3 is 2.56 bits per heavy atom. The quantitative estimate of drug-likeness (QED) is 0.382. The molecule has 0 spiro atoms. The molecule has 166 valence electrons. The molecule has 0 aliphatic carbocycles. The van der Waals surface area contributed by atoms with Crippen LogP contribution >= 0.6 is 24.0 Å². The summed E-state index contributed by atoms with van der Waals surface area (Å²) in [6.45, 7) is 4.90. The van der Waals surface area contributed by atoms with Crippen LogP contribution in [0.25, 0.3) is 6.08 Å². The van der Waals surface area contributed by atoms with E-state index in [0.29, 0.717) is 40.9 Å². The summed E-state index contributed by atoms with van der Waals surface area (Å²) in [5.41, 5.74) is 2.77. The van der Waals surface area contributed by atoms with Crippen molar-refractivity contribution >= 4 is 51.9 Å². The van der Waals surface area contributed by atoms with E-state index < -0.39 is 0 Å². The number of allylic oxidation sites excluding steroid dienone is 2. The molecule has 0 bridgehead atoms. The molecule has 1 saturated heterocycles. The molecular weight excluding hydrogens is 440 g/mol. The first kappa shape index (κ1) is 23.8.